The lowest BCUT2D eigenvalue weighted by molar-refractivity contribution is 0.0468. The molecule has 3 aromatic rings. The number of rotatable bonds is 6. The van der Waals surface area contributed by atoms with Gasteiger partial charge in [-0.1, -0.05) is 30.3 Å². The molecule has 3 rings (SSSR count). The number of hydrogen-bond donors (Lipinski definition) is 0. The van der Waals surface area contributed by atoms with Gasteiger partial charge in [0.25, 0.3) is 0 Å². The highest BCUT2D eigenvalue weighted by molar-refractivity contribution is 6.02. The van der Waals surface area contributed by atoms with E-state index < -0.39 is 5.97 Å². The number of benzene rings is 2. The van der Waals surface area contributed by atoms with Gasteiger partial charge in [-0.2, -0.15) is 0 Å². The Morgan fingerprint density at radius 3 is 2.44 bits per heavy atom. The Kier molecular flexibility index (Phi) is 4.95. The molecule has 0 radical (unpaired) electrons. The van der Waals surface area contributed by atoms with Gasteiger partial charge in [0.1, 0.15) is 5.58 Å². The maximum absolute atomic E-state index is 12.3. The first-order valence-electron chi connectivity index (χ1n) is 7.86. The molecule has 0 fully saturated rings. The maximum atomic E-state index is 12.3. The topological polar surface area (TPSA) is 65.7 Å². The molecule has 0 aliphatic rings. The van der Waals surface area contributed by atoms with Crippen molar-refractivity contribution in [2.45, 2.75) is 13.5 Å². The first-order chi connectivity index (χ1) is 12.1. The number of carbonyl (C=O) groups is 2. The van der Waals surface area contributed by atoms with Crippen LogP contribution in [0.25, 0.3) is 11.0 Å². The van der Waals surface area contributed by atoms with E-state index >= 15 is 0 Å². The number of carbonyl (C=O) groups excluding carboxylic acids is 2. The van der Waals surface area contributed by atoms with Crippen LogP contribution in [0.15, 0.2) is 52.9 Å². The van der Waals surface area contributed by atoms with Gasteiger partial charge in [-0.15, -0.1) is 0 Å². The summed E-state index contributed by atoms with van der Waals surface area (Å²) in [6, 6.07) is 14.3. The minimum Gasteiger partial charge on any atom is -0.454 e. The molecular weight excluding hydrogens is 320 g/mol. The van der Waals surface area contributed by atoms with Crippen LogP contribution in [0.3, 0.4) is 0 Å². The Labute approximate surface area is 145 Å². The highest BCUT2D eigenvalue weighted by atomic mass is 16.5. The van der Waals surface area contributed by atoms with Crippen molar-refractivity contribution in [1.29, 1.82) is 0 Å². The number of methoxy groups -OCH3 is 1. The van der Waals surface area contributed by atoms with Gasteiger partial charge in [0.2, 0.25) is 5.78 Å². The zero-order chi connectivity index (χ0) is 17.8. The first-order valence-corrected chi connectivity index (χ1v) is 7.86. The second kappa shape index (κ2) is 7.32. The van der Waals surface area contributed by atoms with Crippen LogP contribution in [0, 0.1) is 6.92 Å². The highest BCUT2D eigenvalue weighted by Gasteiger charge is 2.19. The molecule has 0 amide bonds. The summed E-state index contributed by atoms with van der Waals surface area (Å²) >= 11 is 0. The van der Waals surface area contributed by atoms with Gasteiger partial charge in [0.05, 0.1) is 12.2 Å². The number of para-hydroxylation sites is 1. The van der Waals surface area contributed by atoms with E-state index in [4.69, 9.17) is 13.9 Å². The minimum atomic E-state index is -0.550. The van der Waals surface area contributed by atoms with E-state index in [1.54, 1.807) is 37.4 Å². The third kappa shape index (κ3) is 3.61. The standard InChI is InChI=1S/C20H18O5/c1-13-16-5-3-4-6-18(16)25-19(13)17(21)12-24-20(22)15-9-7-14(8-10-15)11-23-2/h3-10H,11-12H2,1-2H3. The molecule has 0 unspecified atom stereocenters. The third-order valence-electron chi connectivity index (χ3n) is 3.93. The van der Waals surface area contributed by atoms with Gasteiger partial charge in [-0.3, -0.25) is 4.79 Å². The van der Waals surface area contributed by atoms with Crippen molar-refractivity contribution in [3.05, 3.63) is 71.0 Å². The molecule has 5 heteroatoms. The maximum Gasteiger partial charge on any atom is 0.338 e. The fraction of sp³-hybridized carbons (Fsp3) is 0.200. The van der Waals surface area contributed by atoms with Gasteiger partial charge in [0, 0.05) is 18.1 Å². The Hall–Kier alpha value is -2.92. The fourth-order valence-electron chi connectivity index (χ4n) is 2.62. The summed E-state index contributed by atoms with van der Waals surface area (Å²) in [6.45, 7) is 1.92. The van der Waals surface area contributed by atoms with Gasteiger partial charge < -0.3 is 13.9 Å². The monoisotopic (exact) mass is 338 g/mol. The average molecular weight is 338 g/mol. The second-order valence-corrected chi connectivity index (χ2v) is 5.68. The lowest BCUT2D eigenvalue weighted by Crippen LogP contribution is -2.14. The molecule has 0 N–H and O–H groups in total. The molecule has 1 aromatic heterocycles. The summed E-state index contributed by atoms with van der Waals surface area (Å²) in [6.07, 6.45) is 0. The predicted octanol–water partition coefficient (Wildman–Crippen LogP) is 3.93. The lowest BCUT2D eigenvalue weighted by Gasteiger charge is -2.05. The summed E-state index contributed by atoms with van der Waals surface area (Å²) in [5, 5.41) is 0.880. The quantitative estimate of drug-likeness (QED) is 0.503. The van der Waals surface area contributed by atoms with Crippen molar-refractivity contribution in [2.24, 2.45) is 0 Å². The van der Waals surface area contributed by atoms with Crippen LogP contribution >= 0.6 is 0 Å². The van der Waals surface area contributed by atoms with Crippen molar-refractivity contribution < 1.29 is 23.5 Å². The van der Waals surface area contributed by atoms with Crippen LogP contribution in [-0.2, 0) is 16.1 Å². The summed E-state index contributed by atoms with van der Waals surface area (Å²) < 4.78 is 15.7. The Balaban J connectivity index is 1.66. The Morgan fingerprint density at radius 2 is 1.76 bits per heavy atom. The molecule has 0 atom stereocenters. The van der Waals surface area contributed by atoms with E-state index in [1.165, 1.54) is 0 Å². The largest absolute Gasteiger partial charge is 0.454 e. The summed E-state index contributed by atoms with van der Waals surface area (Å²) in [7, 11) is 1.60. The van der Waals surface area contributed by atoms with E-state index in [0.29, 0.717) is 17.8 Å². The molecule has 25 heavy (non-hydrogen) atoms. The number of hydrogen-bond acceptors (Lipinski definition) is 5. The number of Topliss-reactive ketones (excluding diaryl/α,β-unsaturated/α-hetero) is 1. The van der Waals surface area contributed by atoms with Gasteiger partial charge in [-0.25, -0.2) is 4.79 Å². The van der Waals surface area contributed by atoms with Crippen LogP contribution in [0.1, 0.15) is 32.0 Å². The number of ether oxygens (including phenoxy) is 2. The van der Waals surface area contributed by atoms with E-state index in [-0.39, 0.29) is 18.2 Å². The highest BCUT2D eigenvalue weighted by Crippen LogP contribution is 2.25. The van der Waals surface area contributed by atoms with Crippen molar-refractivity contribution >= 4 is 22.7 Å². The number of aryl methyl sites for hydroxylation is 1. The van der Waals surface area contributed by atoms with E-state index in [9.17, 15) is 9.59 Å². The van der Waals surface area contributed by atoms with E-state index in [0.717, 1.165) is 16.5 Å². The van der Waals surface area contributed by atoms with Crippen molar-refractivity contribution in [1.82, 2.24) is 0 Å². The fourth-order valence-corrected chi connectivity index (χ4v) is 2.62. The summed E-state index contributed by atoms with van der Waals surface area (Å²) in [4.78, 5) is 24.4. The van der Waals surface area contributed by atoms with Gasteiger partial charge in [-0.05, 0) is 30.7 Å². The van der Waals surface area contributed by atoms with E-state index in [2.05, 4.69) is 0 Å². The number of ketones is 1. The predicted molar refractivity (Wildman–Crippen MR) is 92.7 cm³/mol. The third-order valence-corrected chi connectivity index (χ3v) is 3.93. The molecule has 0 bridgehead atoms. The van der Waals surface area contributed by atoms with Gasteiger partial charge >= 0.3 is 5.97 Å². The number of fused-ring (bicyclic) bond motifs is 1. The van der Waals surface area contributed by atoms with Gasteiger partial charge in [0.15, 0.2) is 12.4 Å². The molecule has 0 saturated heterocycles. The summed E-state index contributed by atoms with van der Waals surface area (Å²) in [5.74, 6) is -0.687. The summed E-state index contributed by atoms with van der Waals surface area (Å²) in [5.41, 5.74) is 2.73. The molecule has 0 spiro atoms. The van der Waals surface area contributed by atoms with Crippen LogP contribution in [0.5, 0.6) is 0 Å². The first kappa shape index (κ1) is 16.9. The van der Waals surface area contributed by atoms with Crippen LogP contribution < -0.4 is 0 Å². The van der Waals surface area contributed by atoms with E-state index in [1.807, 2.05) is 25.1 Å². The number of esters is 1. The normalized spacial score (nSPS) is 10.8. The minimum absolute atomic E-state index is 0.226. The lowest BCUT2D eigenvalue weighted by atomic mass is 10.1. The molecule has 1 heterocycles. The SMILES string of the molecule is COCc1ccc(C(=O)OCC(=O)c2oc3ccccc3c2C)cc1. The van der Waals surface area contributed by atoms with Crippen molar-refractivity contribution in [3.8, 4) is 0 Å². The average Bonchev–Trinajstić information content (AvgIpc) is 2.97. The van der Waals surface area contributed by atoms with Crippen molar-refractivity contribution in [3.63, 3.8) is 0 Å². The molecule has 5 nitrogen and oxygen atoms in total. The molecule has 0 aliphatic carbocycles. The smallest absolute Gasteiger partial charge is 0.338 e. The van der Waals surface area contributed by atoms with Crippen LogP contribution in [0.4, 0.5) is 0 Å². The Bertz CT molecular complexity index is 905. The molecule has 2 aromatic carbocycles. The second-order valence-electron chi connectivity index (χ2n) is 5.68. The molecule has 0 aliphatic heterocycles. The van der Waals surface area contributed by atoms with Crippen molar-refractivity contribution in [2.75, 3.05) is 13.7 Å². The van der Waals surface area contributed by atoms with Crippen LogP contribution in [0.2, 0.25) is 0 Å². The Morgan fingerprint density at radius 1 is 1.04 bits per heavy atom. The zero-order valence-electron chi connectivity index (χ0n) is 14.1. The zero-order valence-corrected chi connectivity index (χ0v) is 14.1. The van der Waals surface area contributed by atoms with Crippen LogP contribution in [-0.4, -0.2) is 25.5 Å². The number of furan rings is 1. The molecular formula is C20H18O5. The molecule has 0 saturated carbocycles. The molecule has 128 valence electrons.